The number of carboxylic acids is 2. The summed E-state index contributed by atoms with van der Waals surface area (Å²) in [5, 5.41) is 67.6. The molecule has 2 aliphatic rings. The number of thiol groups is 2. The molecule has 6 heterocycles. The zero-order valence-electron chi connectivity index (χ0n) is 53.8. The maximum atomic E-state index is 12.6. The minimum absolute atomic E-state index is 0.0363. The van der Waals surface area contributed by atoms with Crippen LogP contribution in [0.3, 0.4) is 0 Å². The van der Waals surface area contributed by atoms with Crippen LogP contribution >= 0.6 is 72.2 Å². The molecule has 0 radical (unpaired) electrons. The van der Waals surface area contributed by atoms with Gasteiger partial charge in [0.25, 0.3) is 0 Å². The maximum Gasteiger partial charge on any atom is 0.481 e. The van der Waals surface area contributed by atoms with Gasteiger partial charge in [0.05, 0.1) is 39.1 Å². The fraction of sp³-hybridized carbons (Fsp3) is 0.644. The van der Waals surface area contributed by atoms with Crippen molar-refractivity contribution in [3.63, 3.8) is 0 Å². The molecule has 4 amide bonds. The number of aliphatic hydroxyl groups excluding tert-OH is 4. The molecule has 2 saturated heterocycles. The monoisotopic (exact) mass is 1640 g/mol. The van der Waals surface area contributed by atoms with Crippen molar-refractivity contribution in [2.24, 2.45) is 10.8 Å². The Morgan fingerprint density at radius 1 is 0.544 bits per heavy atom. The third-order valence-corrected chi connectivity index (χ3v) is 20.0. The van der Waals surface area contributed by atoms with Gasteiger partial charge in [-0.2, -0.15) is 33.9 Å². The summed E-state index contributed by atoms with van der Waals surface area (Å²) in [5.74, 6) is -4.51. The van der Waals surface area contributed by atoms with E-state index in [0.29, 0.717) is 24.6 Å². The molecule has 0 aliphatic carbocycles. The minimum atomic E-state index is -5.54. The number of phosphoric ester groups is 6. The predicted octanol–water partition coefficient (Wildman–Crippen LogP) is -3.78. The van der Waals surface area contributed by atoms with E-state index < -0.39 is 176 Å². The fourth-order valence-corrected chi connectivity index (χ4v) is 14.3. The third kappa shape index (κ3) is 29.1. The number of nitrogens with one attached hydrogen (secondary N) is 4. The van der Waals surface area contributed by atoms with E-state index in [0.717, 1.165) is 34.4 Å². The molecule has 50 nitrogen and oxygen atoms in total. The van der Waals surface area contributed by atoms with E-state index in [1.807, 2.05) is 0 Å². The second-order valence-corrected chi connectivity index (χ2v) is 31.9. The summed E-state index contributed by atoms with van der Waals surface area (Å²) in [6.45, 7) is 1.45. The smallest absolute Gasteiger partial charge is 0.481 e. The Hall–Kier alpha value is -5.28. The van der Waals surface area contributed by atoms with E-state index in [1.54, 1.807) is 0 Å². The van der Waals surface area contributed by atoms with Gasteiger partial charge in [-0.3, -0.25) is 65.0 Å². The molecule has 14 atom stereocenters. The molecule has 0 saturated carbocycles. The number of hydrogen-bond donors (Lipinski definition) is 22. The number of hydrogen-bond acceptors (Lipinski definition) is 36. The lowest BCUT2D eigenvalue weighted by atomic mass is 9.87. The number of carbonyl (C=O) groups is 6. The molecular weight excluding hydrogens is 1560 g/mol. The molecule has 2 fully saturated rings. The summed E-state index contributed by atoms with van der Waals surface area (Å²) in [6.07, 6.45) is -14.3. The van der Waals surface area contributed by atoms with Crippen molar-refractivity contribution >= 4 is 142 Å². The van der Waals surface area contributed by atoms with Crippen LogP contribution < -0.4 is 32.7 Å². The number of aliphatic hydroxyl groups is 4. The Kier molecular flexibility index (Phi) is 33.7. The number of amides is 4. The summed E-state index contributed by atoms with van der Waals surface area (Å²) in [5.41, 5.74) is 8.60. The zero-order valence-corrected chi connectivity index (χ0v) is 61.0. The van der Waals surface area contributed by atoms with Gasteiger partial charge in [-0.05, 0) is 0 Å². The second kappa shape index (κ2) is 38.5. The average molecular weight is 1640 g/mol. The SMILES string of the molecule is CC(C)(COP(=O)(O)OP(=O)(O)OC[C@H]1O[C@@H](n2cnc3c(N)ncnc32)[C@H](O)[C@@H]1OP(=O)(O)O)[C@@H](O)C(=O)NCCC(=O)NCCS.CC(C)(COP(=O)(O)OP(=O)(O)OC[C@H]1O[C@@H](n2cnc3c(N)ncnc32)[C@H](O)[C@@H]1OP(=O)(O)O)[C@@H](O)C(=O)NCCC(=O)NCCS.O=C(O)CC(=O)O. The summed E-state index contributed by atoms with van der Waals surface area (Å²) in [7, 11) is -32.6. The number of aliphatic carboxylic acids is 2. The van der Waals surface area contributed by atoms with E-state index in [-0.39, 0.29) is 71.7 Å². The van der Waals surface area contributed by atoms with Gasteiger partial charge in [-0.1, -0.05) is 27.7 Å². The summed E-state index contributed by atoms with van der Waals surface area (Å²) in [6, 6.07) is 0. The van der Waals surface area contributed by atoms with Gasteiger partial charge >= 0.3 is 58.9 Å². The molecule has 4 aromatic rings. The van der Waals surface area contributed by atoms with E-state index in [4.69, 9.17) is 49.2 Å². The van der Waals surface area contributed by atoms with Crippen molar-refractivity contribution < 1.29 is 171 Å². The van der Waals surface area contributed by atoms with Crippen LogP contribution in [0.25, 0.3) is 22.3 Å². The molecule has 0 spiro atoms. The number of anilines is 2. The number of imidazole rings is 2. The molecular formula is C45H76N14O36P6S2. The van der Waals surface area contributed by atoms with E-state index in [9.17, 15) is 116 Å². The quantitative estimate of drug-likeness (QED) is 0.0116. The van der Waals surface area contributed by atoms with Crippen LogP contribution in [0.1, 0.15) is 59.4 Å². The van der Waals surface area contributed by atoms with Gasteiger partial charge in [0.2, 0.25) is 23.6 Å². The zero-order chi connectivity index (χ0) is 78.0. The first-order valence-electron chi connectivity index (χ1n) is 28.9. The van der Waals surface area contributed by atoms with Crippen LogP contribution in [-0.2, 0) is 101 Å². The summed E-state index contributed by atoms with van der Waals surface area (Å²) in [4.78, 5) is 168. The van der Waals surface area contributed by atoms with Crippen molar-refractivity contribution in [1.82, 2.24) is 60.3 Å². The third-order valence-electron chi connectivity index (χ3n) is 13.3. The first-order chi connectivity index (χ1) is 47.4. The number of phosphoric acid groups is 6. The van der Waals surface area contributed by atoms with Crippen LogP contribution in [0, 0.1) is 10.8 Å². The second-order valence-electron chi connectivity index (χ2n) is 22.6. The van der Waals surface area contributed by atoms with Crippen LogP contribution in [-0.4, -0.2) is 257 Å². The fourth-order valence-electron chi connectivity index (χ4n) is 8.40. The first-order valence-corrected chi connectivity index (χ1v) is 39.2. The van der Waals surface area contributed by atoms with Gasteiger partial charge in [0.1, 0.15) is 78.9 Å². The highest BCUT2D eigenvalue weighted by atomic mass is 32.1. The number of nitrogens with zero attached hydrogens (tertiary/aromatic N) is 8. The lowest BCUT2D eigenvalue weighted by molar-refractivity contribution is -0.147. The molecule has 22 N–H and O–H groups in total. The highest BCUT2D eigenvalue weighted by Crippen LogP contribution is 2.63. The maximum absolute atomic E-state index is 12.6. The normalized spacial score (nSPS) is 22.3. The van der Waals surface area contributed by atoms with Crippen molar-refractivity contribution in [3.05, 3.63) is 25.3 Å². The number of aromatic nitrogens is 8. The Morgan fingerprint density at radius 3 is 1.17 bits per heavy atom. The number of nitrogen functional groups attached to an aromatic ring is 2. The summed E-state index contributed by atoms with van der Waals surface area (Å²) >= 11 is 7.90. The van der Waals surface area contributed by atoms with Gasteiger partial charge < -0.3 is 112 Å². The molecule has 0 bridgehead atoms. The van der Waals surface area contributed by atoms with E-state index >= 15 is 0 Å². The Bertz CT molecular complexity index is 3650. The molecule has 58 heteroatoms. The molecule has 103 heavy (non-hydrogen) atoms. The molecule has 2 aliphatic heterocycles. The van der Waals surface area contributed by atoms with Crippen molar-refractivity contribution in [1.29, 1.82) is 0 Å². The van der Waals surface area contributed by atoms with Crippen LogP contribution in [0.15, 0.2) is 25.3 Å². The highest BCUT2D eigenvalue weighted by molar-refractivity contribution is 7.80. The van der Waals surface area contributed by atoms with Gasteiger partial charge in [-0.25, -0.2) is 57.3 Å². The van der Waals surface area contributed by atoms with Gasteiger partial charge in [0.15, 0.2) is 35.4 Å². The standard InChI is InChI=1S/2C21H36N7O16P3S.C3H4O4/c2*1-21(2,16(31)19(32)24-4-3-12(29)23-5-6-48)8-41-47(38,39)44-46(36,37)40-7-11-15(43-45(33,34)35)14(30)20(42-11)28-10-27-13-17(22)25-9-26-18(13)28;4-2(5)1-3(6)7/h2*9-11,14-16,20,30-31,48H,3-8H2,1-2H3,(H,23,29)(H,24,32)(H,36,37)(H,38,39)(H2,22,25,26)(H2,33,34,35);1H2,(H,4,5)(H,6,7)/t2*11-,14-,15-,16+,20-;/m11./s1. The van der Waals surface area contributed by atoms with E-state index in [1.165, 1.54) is 27.7 Å². The lowest BCUT2D eigenvalue weighted by Crippen LogP contribution is -2.46. The number of fused-ring (bicyclic) bond motifs is 2. The summed E-state index contributed by atoms with van der Waals surface area (Å²) < 4.78 is 123. The van der Waals surface area contributed by atoms with E-state index in [2.05, 4.69) is 94.1 Å². The Balaban J connectivity index is 0.000000399. The Morgan fingerprint density at radius 2 is 0.874 bits per heavy atom. The molecule has 4 unspecified atom stereocenters. The van der Waals surface area contributed by atoms with Crippen molar-refractivity contribution in [2.45, 2.75) is 108 Å². The lowest BCUT2D eigenvalue weighted by Gasteiger charge is -2.30. The topological polar surface area (TPSA) is 768 Å². The Labute approximate surface area is 590 Å². The molecule has 584 valence electrons. The van der Waals surface area contributed by atoms with Crippen molar-refractivity contribution in [2.75, 3.05) is 75.6 Å². The molecule has 6 rings (SSSR count). The average Bonchev–Trinajstić information content (AvgIpc) is 1.62. The molecule has 0 aromatic carbocycles. The number of carbonyl (C=O) groups excluding carboxylic acids is 4. The number of nitrogens with two attached hydrogens (primary N) is 2. The number of ether oxygens (including phenoxy) is 2. The van der Waals surface area contributed by atoms with Gasteiger partial charge in [-0.15, -0.1) is 0 Å². The van der Waals surface area contributed by atoms with Crippen LogP contribution in [0.2, 0.25) is 0 Å². The van der Waals surface area contributed by atoms with Crippen molar-refractivity contribution in [3.8, 4) is 0 Å². The number of carboxylic acid groups (broad SMARTS) is 2. The minimum Gasteiger partial charge on any atom is -0.481 e. The largest absolute Gasteiger partial charge is 0.481 e. The van der Waals surface area contributed by atoms with Crippen LogP contribution in [0.5, 0.6) is 0 Å². The number of rotatable bonds is 38. The predicted molar refractivity (Wildman–Crippen MR) is 347 cm³/mol. The first kappa shape index (κ1) is 90.1. The van der Waals surface area contributed by atoms with Crippen LogP contribution in [0.4, 0.5) is 11.6 Å². The van der Waals surface area contributed by atoms with Gasteiger partial charge in [0, 0.05) is 61.4 Å². The molecule has 4 aromatic heterocycles. The highest BCUT2D eigenvalue weighted by Gasteiger charge is 2.52.